The van der Waals surface area contributed by atoms with Crippen molar-refractivity contribution in [2.24, 2.45) is 0 Å². The van der Waals surface area contributed by atoms with Gasteiger partial charge in [0, 0.05) is 22.1 Å². The number of ether oxygens (including phenoxy) is 1. The van der Waals surface area contributed by atoms with Gasteiger partial charge < -0.3 is 20.4 Å². The molecular weight excluding hydrogens is 372 g/mol. The van der Waals surface area contributed by atoms with Crippen molar-refractivity contribution >= 4 is 55.7 Å². The number of imidazole rings is 1. The van der Waals surface area contributed by atoms with Crippen LogP contribution in [-0.4, -0.2) is 27.0 Å². The lowest BCUT2D eigenvalue weighted by molar-refractivity contribution is 0.415. The number of fused-ring (bicyclic) bond motifs is 2. The van der Waals surface area contributed by atoms with Gasteiger partial charge in [-0.1, -0.05) is 12.1 Å². The Kier molecular flexibility index (Phi) is 4.02. The molecular formula is C20H16N6OS. The number of anilines is 4. The second-order valence-electron chi connectivity index (χ2n) is 6.15. The maximum Gasteiger partial charge on any atom is 0.231 e. The maximum atomic E-state index is 5.27. The molecule has 0 aliphatic heterocycles. The monoisotopic (exact) mass is 388 g/mol. The molecule has 0 radical (unpaired) electrons. The molecule has 0 fully saturated rings. The van der Waals surface area contributed by atoms with Crippen LogP contribution in [0.3, 0.4) is 0 Å². The van der Waals surface area contributed by atoms with Crippen LogP contribution < -0.4 is 15.4 Å². The molecule has 0 aliphatic carbocycles. The zero-order valence-corrected chi connectivity index (χ0v) is 15.7. The van der Waals surface area contributed by atoms with Gasteiger partial charge in [-0.2, -0.15) is 9.97 Å². The second-order valence-corrected chi connectivity index (χ2v) is 7.10. The van der Waals surface area contributed by atoms with Crippen LogP contribution in [0.2, 0.25) is 0 Å². The summed E-state index contributed by atoms with van der Waals surface area (Å²) < 4.78 is 6.49. The lowest BCUT2D eigenvalue weighted by Crippen LogP contribution is -2.02. The van der Waals surface area contributed by atoms with Crippen LogP contribution in [0.5, 0.6) is 5.75 Å². The highest BCUT2D eigenvalue weighted by Gasteiger charge is 2.11. The summed E-state index contributed by atoms with van der Waals surface area (Å²) in [5, 5.41) is 9.91. The van der Waals surface area contributed by atoms with Crippen LogP contribution in [0.25, 0.3) is 21.3 Å². The molecule has 3 N–H and O–H groups in total. The molecule has 0 bridgehead atoms. The molecule has 0 saturated heterocycles. The summed E-state index contributed by atoms with van der Waals surface area (Å²) in [6.45, 7) is 0. The quantitative estimate of drug-likeness (QED) is 0.390. The molecule has 0 aliphatic rings. The molecule has 8 heteroatoms. The van der Waals surface area contributed by atoms with E-state index in [0.717, 1.165) is 22.6 Å². The third kappa shape index (κ3) is 3.10. The maximum absolute atomic E-state index is 5.27. The van der Waals surface area contributed by atoms with Crippen molar-refractivity contribution in [1.82, 2.24) is 19.9 Å². The summed E-state index contributed by atoms with van der Waals surface area (Å²) in [6, 6.07) is 16.0. The van der Waals surface area contributed by atoms with Gasteiger partial charge in [-0.05, 0) is 41.1 Å². The largest absolute Gasteiger partial charge is 0.497 e. The van der Waals surface area contributed by atoms with E-state index >= 15 is 0 Å². The zero-order valence-electron chi connectivity index (χ0n) is 14.9. The molecule has 7 nitrogen and oxygen atoms in total. The average Bonchev–Trinajstić information content (AvgIpc) is 3.37. The summed E-state index contributed by atoms with van der Waals surface area (Å²) in [5.41, 5.74) is 3.12. The lowest BCUT2D eigenvalue weighted by Gasteiger charge is -2.10. The highest BCUT2D eigenvalue weighted by atomic mass is 32.1. The number of rotatable bonds is 5. The summed E-state index contributed by atoms with van der Waals surface area (Å²) >= 11 is 1.71. The third-order valence-electron chi connectivity index (χ3n) is 4.33. The van der Waals surface area contributed by atoms with Crippen molar-refractivity contribution in [1.29, 1.82) is 0 Å². The molecule has 0 saturated carbocycles. The van der Waals surface area contributed by atoms with E-state index in [2.05, 4.69) is 54.1 Å². The topological polar surface area (TPSA) is 87.8 Å². The number of hydrogen-bond donors (Lipinski definition) is 3. The van der Waals surface area contributed by atoms with Gasteiger partial charge in [-0.15, -0.1) is 11.3 Å². The van der Waals surface area contributed by atoms with Crippen LogP contribution in [0.4, 0.5) is 23.1 Å². The molecule has 138 valence electrons. The first-order valence-corrected chi connectivity index (χ1v) is 9.53. The van der Waals surface area contributed by atoms with Crippen molar-refractivity contribution in [3.63, 3.8) is 0 Å². The van der Waals surface area contributed by atoms with Crippen molar-refractivity contribution in [2.75, 3.05) is 17.7 Å². The molecule has 2 aromatic carbocycles. The minimum absolute atomic E-state index is 0.451. The molecule has 0 spiro atoms. The van der Waals surface area contributed by atoms with Gasteiger partial charge in [-0.25, -0.2) is 4.98 Å². The number of nitrogens with zero attached hydrogens (tertiary/aromatic N) is 3. The van der Waals surface area contributed by atoms with Gasteiger partial charge in [0.05, 0.1) is 13.4 Å². The number of H-pyrrole nitrogens is 1. The Bertz CT molecular complexity index is 1280. The first-order chi connectivity index (χ1) is 13.8. The fourth-order valence-electron chi connectivity index (χ4n) is 2.98. The van der Waals surface area contributed by atoms with E-state index < -0.39 is 0 Å². The van der Waals surface area contributed by atoms with Gasteiger partial charge in [0.2, 0.25) is 5.95 Å². The van der Waals surface area contributed by atoms with Crippen LogP contribution >= 0.6 is 11.3 Å². The van der Waals surface area contributed by atoms with Gasteiger partial charge in [0.25, 0.3) is 0 Å². The van der Waals surface area contributed by atoms with Crippen LogP contribution in [0, 0.1) is 0 Å². The number of methoxy groups -OCH3 is 1. The molecule has 0 atom stereocenters. The third-order valence-corrected chi connectivity index (χ3v) is 5.21. The Morgan fingerprint density at radius 1 is 1.00 bits per heavy atom. The van der Waals surface area contributed by atoms with Crippen molar-refractivity contribution in [2.45, 2.75) is 0 Å². The molecule has 0 amide bonds. The number of nitrogens with one attached hydrogen (secondary N) is 3. The van der Waals surface area contributed by atoms with Crippen LogP contribution in [0.1, 0.15) is 0 Å². The number of thiophene rings is 1. The summed E-state index contributed by atoms with van der Waals surface area (Å²) in [4.78, 5) is 16.5. The van der Waals surface area contributed by atoms with Crippen molar-refractivity contribution in [3.8, 4) is 5.75 Å². The van der Waals surface area contributed by atoms with E-state index in [4.69, 9.17) is 4.74 Å². The Morgan fingerprint density at radius 3 is 2.86 bits per heavy atom. The highest BCUT2D eigenvalue weighted by molar-refractivity contribution is 7.17. The second kappa shape index (κ2) is 6.82. The molecule has 3 heterocycles. The van der Waals surface area contributed by atoms with Crippen molar-refractivity contribution < 1.29 is 4.74 Å². The van der Waals surface area contributed by atoms with Gasteiger partial charge in [-0.3, -0.25) is 0 Å². The fraction of sp³-hybridized carbons (Fsp3) is 0.0500. The standard InChI is InChI=1S/C20H16N6OS/c1-27-15-4-2-3-13(9-15)24-20-25-18-17(21-11-22-18)19(26-20)23-14-6-5-12-7-8-28-16(12)10-14/h2-11H,1H3,(H3,21,22,23,24,25,26). The predicted octanol–water partition coefficient (Wildman–Crippen LogP) is 5.06. The Balaban J connectivity index is 1.51. The van der Waals surface area contributed by atoms with E-state index in [1.807, 2.05) is 30.3 Å². The van der Waals surface area contributed by atoms with Gasteiger partial charge in [0.15, 0.2) is 11.5 Å². The Labute approximate surface area is 164 Å². The molecule has 0 unspecified atom stereocenters. The SMILES string of the molecule is COc1cccc(Nc2nc(Nc3ccc4ccsc4c3)c3[nH]cnc3n2)c1. The van der Waals surface area contributed by atoms with Gasteiger partial charge in [0.1, 0.15) is 11.3 Å². The van der Waals surface area contributed by atoms with E-state index in [-0.39, 0.29) is 0 Å². The zero-order chi connectivity index (χ0) is 18.9. The minimum atomic E-state index is 0.451. The summed E-state index contributed by atoms with van der Waals surface area (Å²) in [5.74, 6) is 1.87. The molecule has 5 rings (SSSR count). The highest BCUT2D eigenvalue weighted by Crippen LogP contribution is 2.28. The van der Waals surface area contributed by atoms with E-state index in [0.29, 0.717) is 17.4 Å². The number of hydrogen-bond acceptors (Lipinski definition) is 7. The first-order valence-electron chi connectivity index (χ1n) is 8.65. The first kappa shape index (κ1) is 16.5. The predicted molar refractivity (Wildman–Crippen MR) is 113 cm³/mol. The lowest BCUT2D eigenvalue weighted by atomic mass is 10.2. The molecule has 5 aromatic rings. The number of aromatic nitrogens is 4. The van der Waals surface area contributed by atoms with E-state index in [1.165, 1.54) is 10.1 Å². The van der Waals surface area contributed by atoms with Crippen LogP contribution in [0.15, 0.2) is 60.2 Å². The van der Waals surface area contributed by atoms with Gasteiger partial charge >= 0.3 is 0 Å². The van der Waals surface area contributed by atoms with E-state index in [9.17, 15) is 0 Å². The Morgan fingerprint density at radius 2 is 1.93 bits per heavy atom. The number of benzene rings is 2. The fourth-order valence-corrected chi connectivity index (χ4v) is 3.81. The summed E-state index contributed by atoms with van der Waals surface area (Å²) in [6.07, 6.45) is 1.61. The van der Waals surface area contributed by atoms with Crippen LogP contribution in [-0.2, 0) is 0 Å². The van der Waals surface area contributed by atoms with E-state index in [1.54, 1.807) is 24.8 Å². The number of aromatic amines is 1. The average molecular weight is 388 g/mol. The normalized spacial score (nSPS) is 11.0. The smallest absolute Gasteiger partial charge is 0.231 e. The molecule has 3 aromatic heterocycles. The van der Waals surface area contributed by atoms with Crippen molar-refractivity contribution in [3.05, 3.63) is 60.2 Å². The summed E-state index contributed by atoms with van der Waals surface area (Å²) in [7, 11) is 1.64. The molecule has 28 heavy (non-hydrogen) atoms. The minimum Gasteiger partial charge on any atom is -0.497 e. The Hall–Kier alpha value is -3.65.